The van der Waals surface area contributed by atoms with E-state index in [1.54, 1.807) is 18.3 Å². The van der Waals surface area contributed by atoms with Crippen molar-refractivity contribution >= 4 is 17.6 Å². The van der Waals surface area contributed by atoms with Crippen LogP contribution in [0.5, 0.6) is 0 Å². The van der Waals surface area contributed by atoms with E-state index in [-0.39, 0.29) is 11.4 Å². The summed E-state index contributed by atoms with van der Waals surface area (Å²) in [6, 6.07) is 3.57. The van der Waals surface area contributed by atoms with Crippen molar-refractivity contribution in [3.8, 4) is 0 Å². The summed E-state index contributed by atoms with van der Waals surface area (Å²) in [5, 5.41) is 11.7. The van der Waals surface area contributed by atoms with Crippen molar-refractivity contribution < 1.29 is 9.90 Å². The highest BCUT2D eigenvalue weighted by atomic mass is 16.4. The first-order chi connectivity index (χ1) is 7.27. The van der Waals surface area contributed by atoms with Crippen molar-refractivity contribution in [1.29, 1.82) is 0 Å². The number of carboxylic acids is 1. The van der Waals surface area contributed by atoms with Gasteiger partial charge in [0.2, 0.25) is 0 Å². The van der Waals surface area contributed by atoms with Gasteiger partial charge < -0.3 is 15.4 Å². The third-order valence-corrected chi connectivity index (χ3v) is 1.79. The molecule has 15 heavy (non-hydrogen) atoms. The summed E-state index contributed by atoms with van der Waals surface area (Å²) in [4.78, 5) is 21.2. The van der Waals surface area contributed by atoms with Crippen molar-refractivity contribution in [3.63, 3.8) is 0 Å². The molecule has 0 bridgehead atoms. The number of rotatable bonds is 3. The van der Waals surface area contributed by atoms with Gasteiger partial charge in [-0.1, -0.05) is 0 Å². The molecule has 0 fully saturated rings. The lowest BCUT2D eigenvalue weighted by atomic mass is 10.3. The van der Waals surface area contributed by atoms with Crippen LogP contribution in [0.25, 0.3) is 0 Å². The molecule has 3 N–H and O–H groups in total. The minimum Gasteiger partial charge on any atom is -0.477 e. The van der Waals surface area contributed by atoms with Gasteiger partial charge in [-0.15, -0.1) is 0 Å². The fourth-order valence-corrected chi connectivity index (χ4v) is 1.12. The molecular formula is C9H8N4O2. The van der Waals surface area contributed by atoms with Crippen molar-refractivity contribution in [1.82, 2.24) is 15.0 Å². The van der Waals surface area contributed by atoms with Crippen LogP contribution in [-0.4, -0.2) is 26.0 Å². The van der Waals surface area contributed by atoms with Crippen LogP contribution >= 0.6 is 0 Å². The third-order valence-electron chi connectivity index (χ3n) is 1.79. The van der Waals surface area contributed by atoms with Crippen molar-refractivity contribution in [2.45, 2.75) is 0 Å². The van der Waals surface area contributed by atoms with Gasteiger partial charge in [0.05, 0.1) is 0 Å². The Bertz CT molecular complexity index is 467. The second-order valence-electron chi connectivity index (χ2n) is 2.80. The number of aromatic carboxylic acids is 1. The molecule has 0 amide bonds. The molecular weight excluding hydrogens is 196 g/mol. The topological polar surface area (TPSA) is 90.9 Å². The van der Waals surface area contributed by atoms with Crippen LogP contribution < -0.4 is 5.32 Å². The number of nitrogens with zero attached hydrogens (tertiary/aromatic N) is 2. The minimum atomic E-state index is -1.07. The molecule has 2 aromatic heterocycles. The predicted octanol–water partition coefficient (Wildman–Crippen LogP) is 1.25. The number of hydrogen-bond acceptors (Lipinski definition) is 4. The number of nitrogens with one attached hydrogen (secondary N) is 2. The van der Waals surface area contributed by atoms with E-state index in [0.29, 0.717) is 5.82 Å². The van der Waals surface area contributed by atoms with E-state index < -0.39 is 5.97 Å². The number of aromatic nitrogens is 3. The van der Waals surface area contributed by atoms with Gasteiger partial charge in [-0.05, 0) is 12.1 Å². The molecule has 0 aliphatic carbocycles. The second-order valence-corrected chi connectivity index (χ2v) is 2.80. The summed E-state index contributed by atoms with van der Waals surface area (Å²) >= 11 is 0. The van der Waals surface area contributed by atoms with E-state index in [0.717, 1.165) is 0 Å². The van der Waals surface area contributed by atoms with Gasteiger partial charge >= 0.3 is 5.97 Å². The molecule has 2 heterocycles. The first-order valence-corrected chi connectivity index (χ1v) is 4.21. The fourth-order valence-electron chi connectivity index (χ4n) is 1.12. The average molecular weight is 204 g/mol. The largest absolute Gasteiger partial charge is 0.477 e. The van der Waals surface area contributed by atoms with Gasteiger partial charge in [0.15, 0.2) is 0 Å². The highest BCUT2D eigenvalue weighted by Crippen LogP contribution is 2.15. The first kappa shape index (κ1) is 9.20. The first-order valence-electron chi connectivity index (χ1n) is 4.21. The molecule has 0 aliphatic heterocycles. The number of H-pyrrole nitrogens is 1. The number of carboxylic acid groups (broad SMARTS) is 1. The Morgan fingerprint density at radius 3 is 3.07 bits per heavy atom. The van der Waals surface area contributed by atoms with Crippen LogP contribution in [-0.2, 0) is 0 Å². The molecule has 0 radical (unpaired) electrons. The normalized spacial score (nSPS) is 9.87. The van der Waals surface area contributed by atoms with Gasteiger partial charge in [-0.25, -0.2) is 14.8 Å². The summed E-state index contributed by atoms with van der Waals surface area (Å²) in [5.41, 5.74) is 0.0344. The molecule has 0 unspecified atom stereocenters. The zero-order valence-electron chi connectivity index (χ0n) is 7.64. The molecule has 2 rings (SSSR count). The molecule has 0 aliphatic rings. The Balaban J connectivity index is 2.32. The Hall–Kier alpha value is -2.37. The van der Waals surface area contributed by atoms with Gasteiger partial charge in [0, 0.05) is 12.4 Å². The molecule has 6 nitrogen and oxygen atoms in total. The Kier molecular flexibility index (Phi) is 2.32. The highest BCUT2D eigenvalue weighted by molar-refractivity contribution is 5.93. The molecule has 0 aromatic carbocycles. The molecule has 0 saturated heterocycles. The third kappa shape index (κ3) is 1.93. The van der Waals surface area contributed by atoms with Gasteiger partial charge in [-0.3, -0.25) is 0 Å². The second kappa shape index (κ2) is 3.79. The summed E-state index contributed by atoms with van der Waals surface area (Å²) in [7, 11) is 0. The van der Waals surface area contributed by atoms with Crippen molar-refractivity contribution in [3.05, 3.63) is 36.4 Å². The number of hydrogen-bond donors (Lipinski definition) is 3. The van der Waals surface area contributed by atoms with Crippen LogP contribution in [0.15, 0.2) is 30.9 Å². The smallest absolute Gasteiger partial charge is 0.341 e. The van der Waals surface area contributed by atoms with Gasteiger partial charge in [-0.2, -0.15) is 0 Å². The minimum absolute atomic E-state index is 0.0344. The van der Waals surface area contributed by atoms with Crippen molar-refractivity contribution in [2.75, 3.05) is 5.32 Å². The zero-order chi connectivity index (χ0) is 10.7. The van der Waals surface area contributed by atoms with Crippen LogP contribution in [0.2, 0.25) is 0 Å². The lowest BCUT2D eigenvalue weighted by molar-refractivity contribution is 0.0697. The number of carbonyl (C=O) groups is 1. The molecule has 0 atom stereocenters. The summed E-state index contributed by atoms with van der Waals surface area (Å²) in [6.07, 6.45) is 4.27. The number of aromatic amines is 1. The zero-order valence-corrected chi connectivity index (χ0v) is 7.64. The molecule has 2 aromatic rings. The maximum atomic E-state index is 10.8. The Morgan fingerprint density at radius 1 is 1.53 bits per heavy atom. The Morgan fingerprint density at radius 2 is 2.40 bits per heavy atom. The Labute approximate surface area is 85.0 Å². The van der Waals surface area contributed by atoms with E-state index in [9.17, 15) is 4.79 Å². The van der Waals surface area contributed by atoms with E-state index in [4.69, 9.17) is 5.11 Å². The summed E-state index contributed by atoms with van der Waals surface area (Å²) in [6.45, 7) is 0. The van der Waals surface area contributed by atoms with Gasteiger partial charge in [0.25, 0.3) is 0 Å². The van der Waals surface area contributed by atoms with E-state index in [1.165, 1.54) is 12.5 Å². The van der Waals surface area contributed by atoms with E-state index in [2.05, 4.69) is 20.3 Å². The van der Waals surface area contributed by atoms with Crippen LogP contribution in [0.3, 0.4) is 0 Å². The standard InChI is InChI=1S/C9H8N4O2/c14-9(15)6-4-10-5-12-8(6)13-7-2-1-3-11-7/h1-5,11H,(H,14,15)(H,10,12,13). The van der Waals surface area contributed by atoms with Crippen LogP contribution in [0.1, 0.15) is 10.4 Å². The SMILES string of the molecule is O=C(O)c1cncnc1Nc1ccc[nH]1. The molecule has 6 heteroatoms. The lowest BCUT2D eigenvalue weighted by Crippen LogP contribution is -2.05. The maximum absolute atomic E-state index is 10.8. The monoisotopic (exact) mass is 204 g/mol. The predicted molar refractivity (Wildman–Crippen MR) is 53.1 cm³/mol. The fraction of sp³-hybridized carbons (Fsp3) is 0. The molecule has 0 saturated carbocycles. The average Bonchev–Trinajstić information content (AvgIpc) is 2.71. The van der Waals surface area contributed by atoms with Crippen LogP contribution in [0, 0.1) is 0 Å². The summed E-state index contributed by atoms with van der Waals surface area (Å²) in [5.74, 6) is -0.124. The maximum Gasteiger partial charge on any atom is 0.341 e. The quantitative estimate of drug-likeness (QED) is 0.699. The van der Waals surface area contributed by atoms with Crippen LogP contribution in [0.4, 0.5) is 11.6 Å². The number of anilines is 2. The van der Waals surface area contributed by atoms with E-state index >= 15 is 0 Å². The molecule has 76 valence electrons. The highest BCUT2D eigenvalue weighted by Gasteiger charge is 2.11. The molecule has 0 spiro atoms. The van der Waals surface area contributed by atoms with Crippen molar-refractivity contribution in [2.24, 2.45) is 0 Å². The van der Waals surface area contributed by atoms with Gasteiger partial charge in [0.1, 0.15) is 23.5 Å². The van der Waals surface area contributed by atoms with E-state index in [1.807, 2.05) is 0 Å². The summed E-state index contributed by atoms with van der Waals surface area (Å²) < 4.78 is 0. The lowest BCUT2D eigenvalue weighted by Gasteiger charge is -2.04.